The van der Waals surface area contributed by atoms with E-state index in [1.807, 2.05) is 20.8 Å². The molecule has 1 unspecified atom stereocenters. The summed E-state index contributed by atoms with van der Waals surface area (Å²) in [6.07, 6.45) is 1.06. The lowest BCUT2D eigenvalue weighted by molar-refractivity contribution is 0.0525. The summed E-state index contributed by atoms with van der Waals surface area (Å²) < 4.78 is 10.2. The van der Waals surface area contributed by atoms with E-state index < -0.39 is 11.7 Å². The molecule has 21 heavy (non-hydrogen) atoms. The summed E-state index contributed by atoms with van der Waals surface area (Å²) in [7, 11) is 1.60. The van der Waals surface area contributed by atoms with Crippen molar-refractivity contribution in [1.82, 2.24) is 10.6 Å². The van der Waals surface area contributed by atoms with Crippen LogP contribution in [0.15, 0.2) is 0 Å². The maximum atomic E-state index is 11.5. The third kappa shape index (κ3) is 11.4. The maximum Gasteiger partial charge on any atom is 0.407 e. The number of hydrogen-bond acceptors (Lipinski definition) is 6. The zero-order chi connectivity index (χ0) is 16.3. The fourth-order valence-corrected chi connectivity index (χ4v) is 1.77. The molecule has 0 bridgehead atoms. The van der Waals surface area contributed by atoms with Crippen molar-refractivity contribution in [2.75, 3.05) is 33.5 Å². The van der Waals surface area contributed by atoms with E-state index >= 15 is 0 Å². The van der Waals surface area contributed by atoms with Crippen molar-refractivity contribution >= 4 is 6.09 Å². The van der Waals surface area contributed by atoms with E-state index in [9.17, 15) is 4.79 Å². The highest BCUT2D eigenvalue weighted by Crippen LogP contribution is 2.06. The number of hydrogen-bond donors (Lipinski definition) is 4. The number of alkyl carbamates (subject to hydrolysis) is 1. The van der Waals surface area contributed by atoms with Crippen LogP contribution in [0.4, 0.5) is 4.79 Å². The molecule has 0 saturated heterocycles. The van der Waals surface area contributed by atoms with Crippen LogP contribution in [0, 0.1) is 0 Å². The first-order valence-corrected chi connectivity index (χ1v) is 7.26. The Hall–Kier alpha value is -0.890. The SMILES string of the molecule is COCC(CCCNC(=O)OC(C)(C)C)NC(CO)CO. The fourth-order valence-electron chi connectivity index (χ4n) is 1.77. The van der Waals surface area contributed by atoms with Crippen LogP contribution >= 0.6 is 0 Å². The van der Waals surface area contributed by atoms with Gasteiger partial charge in [0, 0.05) is 19.7 Å². The normalized spacial score (nSPS) is 13.3. The Balaban J connectivity index is 3.95. The van der Waals surface area contributed by atoms with Gasteiger partial charge < -0.3 is 30.3 Å². The molecule has 1 atom stereocenters. The highest BCUT2D eigenvalue weighted by Gasteiger charge is 2.16. The largest absolute Gasteiger partial charge is 0.444 e. The minimum Gasteiger partial charge on any atom is -0.444 e. The number of carbonyl (C=O) groups is 1. The Kier molecular flexibility index (Phi) is 10.3. The summed E-state index contributed by atoms with van der Waals surface area (Å²) in [5.41, 5.74) is -0.500. The van der Waals surface area contributed by atoms with Gasteiger partial charge in [0.15, 0.2) is 0 Å². The Labute approximate surface area is 127 Å². The molecule has 0 aliphatic carbocycles. The van der Waals surface area contributed by atoms with E-state index in [4.69, 9.17) is 19.7 Å². The van der Waals surface area contributed by atoms with Crippen LogP contribution in [0.2, 0.25) is 0 Å². The summed E-state index contributed by atoms with van der Waals surface area (Å²) in [5, 5.41) is 23.9. The molecule has 7 heteroatoms. The Bertz CT molecular complexity index is 277. The number of amides is 1. The summed E-state index contributed by atoms with van der Waals surface area (Å²) in [4.78, 5) is 11.5. The smallest absolute Gasteiger partial charge is 0.407 e. The summed E-state index contributed by atoms with van der Waals surface area (Å²) in [5.74, 6) is 0. The van der Waals surface area contributed by atoms with E-state index in [1.165, 1.54) is 0 Å². The van der Waals surface area contributed by atoms with Gasteiger partial charge in [0.25, 0.3) is 0 Å². The topological polar surface area (TPSA) is 100 Å². The van der Waals surface area contributed by atoms with Gasteiger partial charge in [-0.05, 0) is 33.6 Å². The van der Waals surface area contributed by atoms with Crippen molar-refractivity contribution in [3.8, 4) is 0 Å². The molecular weight excluding hydrogens is 276 g/mol. The van der Waals surface area contributed by atoms with E-state index in [2.05, 4.69) is 10.6 Å². The molecular formula is C14H30N2O5. The summed E-state index contributed by atoms with van der Waals surface area (Å²) in [6, 6.07) is -0.344. The quantitative estimate of drug-likeness (QED) is 0.432. The van der Waals surface area contributed by atoms with Crippen molar-refractivity contribution < 1.29 is 24.5 Å². The second-order valence-corrected chi connectivity index (χ2v) is 5.95. The van der Waals surface area contributed by atoms with Gasteiger partial charge in [-0.2, -0.15) is 0 Å². The van der Waals surface area contributed by atoms with Gasteiger partial charge in [0.05, 0.1) is 25.9 Å². The van der Waals surface area contributed by atoms with E-state index in [-0.39, 0.29) is 25.3 Å². The molecule has 0 aromatic rings. The lowest BCUT2D eigenvalue weighted by atomic mass is 10.1. The molecule has 0 aliphatic heterocycles. The Morgan fingerprint density at radius 1 is 1.19 bits per heavy atom. The highest BCUT2D eigenvalue weighted by atomic mass is 16.6. The molecule has 7 nitrogen and oxygen atoms in total. The number of methoxy groups -OCH3 is 1. The number of nitrogens with one attached hydrogen (secondary N) is 2. The molecule has 0 heterocycles. The number of ether oxygens (including phenoxy) is 2. The van der Waals surface area contributed by atoms with Crippen molar-refractivity contribution in [2.45, 2.75) is 51.3 Å². The van der Waals surface area contributed by atoms with Crippen molar-refractivity contribution in [3.05, 3.63) is 0 Å². The van der Waals surface area contributed by atoms with Crippen molar-refractivity contribution in [3.63, 3.8) is 0 Å². The Morgan fingerprint density at radius 3 is 2.29 bits per heavy atom. The van der Waals surface area contributed by atoms with Crippen LogP contribution in [-0.4, -0.2) is 67.5 Å². The summed E-state index contributed by atoms with van der Waals surface area (Å²) >= 11 is 0. The Morgan fingerprint density at radius 2 is 1.81 bits per heavy atom. The van der Waals surface area contributed by atoms with Gasteiger partial charge in [-0.1, -0.05) is 0 Å². The van der Waals surface area contributed by atoms with Crippen LogP contribution in [0.25, 0.3) is 0 Å². The third-order valence-electron chi connectivity index (χ3n) is 2.68. The second-order valence-electron chi connectivity index (χ2n) is 5.95. The minimum atomic E-state index is -0.500. The second kappa shape index (κ2) is 10.8. The molecule has 0 aromatic carbocycles. The average Bonchev–Trinajstić information content (AvgIpc) is 2.38. The first-order chi connectivity index (χ1) is 9.82. The van der Waals surface area contributed by atoms with Crippen LogP contribution < -0.4 is 10.6 Å². The van der Waals surface area contributed by atoms with E-state index in [0.717, 1.165) is 12.8 Å². The van der Waals surface area contributed by atoms with Crippen LogP contribution in [0.1, 0.15) is 33.6 Å². The van der Waals surface area contributed by atoms with Gasteiger partial charge in [-0.3, -0.25) is 0 Å². The van der Waals surface area contributed by atoms with Crippen LogP contribution in [-0.2, 0) is 9.47 Å². The third-order valence-corrected chi connectivity index (χ3v) is 2.68. The minimum absolute atomic E-state index is 0.0136. The number of aliphatic hydroxyl groups is 2. The van der Waals surface area contributed by atoms with Crippen molar-refractivity contribution in [1.29, 1.82) is 0 Å². The van der Waals surface area contributed by atoms with Gasteiger partial charge in [-0.15, -0.1) is 0 Å². The van der Waals surface area contributed by atoms with Crippen LogP contribution in [0.5, 0.6) is 0 Å². The molecule has 0 saturated carbocycles. The van der Waals surface area contributed by atoms with Gasteiger partial charge in [0.2, 0.25) is 0 Å². The standard InChI is InChI=1S/C14H30N2O5/c1-14(2,3)21-13(19)15-7-5-6-11(10-20-4)16-12(8-17)9-18/h11-12,16-18H,5-10H2,1-4H3,(H,15,19). The average molecular weight is 306 g/mol. The monoisotopic (exact) mass is 306 g/mol. The number of carbonyl (C=O) groups excluding carboxylic acids is 1. The molecule has 126 valence electrons. The molecule has 0 aromatic heterocycles. The molecule has 0 fully saturated rings. The first kappa shape index (κ1) is 20.1. The van der Waals surface area contributed by atoms with E-state index in [0.29, 0.717) is 13.2 Å². The van der Waals surface area contributed by atoms with Gasteiger partial charge >= 0.3 is 6.09 Å². The van der Waals surface area contributed by atoms with E-state index in [1.54, 1.807) is 7.11 Å². The van der Waals surface area contributed by atoms with Gasteiger partial charge in [-0.25, -0.2) is 4.79 Å². The predicted octanol–water partition coefficient (Wildman–Crippen LogP) is 0.249. The lowest BCUT2D eigenvalue weighted by Crippen LogP contribution is -2.45. The predicted molar refractivity (Wildman–Crippen MR) is 80.2 cm³/mol. The molecule has 0 spiro atoms. The molecule has 4 N–H and O–H groups in total. The first-order valence-electron chi connectivity index (χ1n) is 7.26. The lowest BCUT2D eigenvalue weighted by Gasteiger charge is -2.23. The molecule has 0 aliphatic rings. The van der Waals surface area contributed by atoms with Crippen molar-refractivity contribution in [2.24, 2.45) is 0 Å². The highest BCUT2D eigenvalue weighted by molar-refractivity contribution is 5.67. The molecule has 1 amide bonds. The maximum absolute atomic E-state index is 11.5. The van der Waals surface area contributed by atoms with Gasteiger partial charge in [0.1, 0.15) is 5.60 Å². The number of rotatable bonds is 10. The van der Waals surface area contributed by atoms with Crippen LogP contribution in [0.3, 0.4) is 0 Å². The fraction of sp³-hybridized carbons (Fsp3) is 0.929. The zero-order valence-corrected chi connectivity index (χ0v) is 13.5. The summed E-state index contributed by atoms with van der Waals surface area (Å²) in [6.45, 7) is 6.15. The number of aliphatic hydroxyl groups excluding tert-OH is 2. The zero-order valence-electron chi connectivity index (χ0n) is 13.5. The molecule has 0 radical (unpaired) electrons. The molecule has 0 rings (SSSR count).